The van der Waals surface area contributed by atoms with E-state index in [1.54, 1.807) is 54.6 Å². The van der Waals surface area contributed by atoms with Gasteiger partial charge in [-0.25, -0.2) is 13.3 Å². The van der Waals surface area contributed by atoms with Crippen molar-refractivity contribution in [2.24, 2.45) is 0 Å². The first-order valence-corrected chi connectivity index (χ1v) is 12.1. The third-order valence-corrected chi connectivity index (χ3v) is 7.67. The molecule has 4 rings (SSSR count). The van der Waals surface area contributed by atoms with E-state index >= 15 is 0 Å². The summed E-state index contributed by atoms with van der Waals surface area (Å²) in [5.41, 5.74) is 1.17. The molecule has 158 valence electrons. The maximum atomic E-state index is 13.5. The van der Waals surface area contributed by atoms with E-state index in [9.17, 15) is 18.0 Å². The number of sulfonamides is 1. The largest absolute Gasteiger partial charge is 0.274 e. The van der Waals surface area contributed by atoms with Gasteiger partial charge in [0.25, 0.3) is 5.91 Å². The number of imide groups is 1. The van der Waals surface area contributed by atoms with Crippen LogP contribution in [0, 0.1) is 3.57 Å². The van der Waals surface area contributed by atoms with Gasteiger partial charge in [-0.2, -0.15) is 4.31 Å². The number of halogens is 1. The minimum Gasteiger partial charge on any atom is -0.274 e. The fourth-order valence-corrected chi connectivity index (χ4v) is 5.51. The van der Waals surface area contributed by atoms with Crippen LogP contribution < -0.4 is 4.90 Å². The van der Waals surface area contributed by atoms with Gasteiger partial charge in [-0.05, 0) is 64.6 Å². The second kappa shape index (κ2) is 8.89. The first kappa shape index (κ1) is 21.7. The van der Waals surface area contributed by atoms with Crippen molar-refractivity contribution in [3.8, 4) is 0 Å². The first-order valence-electron chi connectivity index (χ1n) is 9.61. The number of anilines is 1. The van der Waals surface area contributed by atoms with Crippen LogP contribution in [-0.4, -0.2) is 30.6 Å². The molecular formula is C23H19IN2O4S. The third-order valence-electron chi connectivity index (χ3n) is 5.09. The Hall–Kier alpha value is -2.56. The van der Waals surface area contributed by atoms with Crippen molar-refractivity contribution in [3.63, 3.8) is 0 Å². The number of rotatable bonds is 6. The summed E-state index contributed by atoms with van der Waals surface area (Å²) < 4.78 is 29.1. The predicted octanol–water partition coefficient (Wildman–Crippen LogP) is 3.81. The molecule has 31 heavy (non-hydrogen) atoms. The Morgan fingerprint density at radius 2 is 1.45 bits per heavy atom. The molecule has 1 atom stereocenters. The van der Waals surface area contributed by atoms with Crippen LogP contribution in [0.4, 0.5) is 5.69 Å². The number of hydrogen-bond acceptors (Lipinski definition) is 4. The quantitative estimate of drug-likeness (QED) is 0.348. The average Bonchev–Trinajstić information content (AvgIpc) is 3.07. The molecule has 0 aromatic heterocycles. The molecule has 0 radical (unpaired) electrons. The zero-order valence-electron chi connectivity index (χ0n) is 16.4. The third kappa shape index (κ3) is 4.41. The highest BCUT2D eigenvalue weighted by atomic mass is 127. The van der Waals surface area contributed by atoms with E-state index in [1.165, 1.54) is 12.1 Å². The van der Waals surface area contributed by atoms with Gasteiger partial charge in [-0.3, -0.25) is 9.59 Å². The number of hydrogen-bond donors (Lipinski definition) is 0. The van der Waals surface area contributed by atoms with Crippen LogP contribution in [0.5, 0.6) is 0 Å². The Bertz CT molecular complexity index is 1200. The van der Waals surface area contributed by atoms with Crippen molar-refractivity contribution >= 4 is 50.1 Å². The summed E-state index contributed by atoms with van der Waals surface area (Å²) in [7, 11) is -4.02. The minimum absolute atomic E-state index is 0.0116. The van der Waals surface area contributed by atoms with Gasteiger partial charge < -0.3 is 0 Å². The summed E-state index contributed by atoms with van der Waals surface area (Å²) in [6.45, 7) is -0.0116. The van der Waals surface area contributed by atoms with Crippen molar-refractivity contribution in [2.45, 2.75) is 23.9 Å². The van der Waals surface area contributed by atoms with E-state index in [4.69, 9.17) is 0 Å². The van der Waals surface area contributed by atoms with Gasteiger partial charge in [0.1, 0.15) is 6.04 Å². The van der Waals surface area contributed by atoms with E-state index in [2.05, 4.69) is 22.6 Å². The van der Waals surface area contributed by atoms with Crippen molar-refractivity contribution in [1.29, 1.82) is 0 Å². The van der Waals surface area contributed by atoms with Crippen LogP contribution in [0.15, 0.2) is 89.8 Å². The summed E-state index contributed by atoms with van der Waals surface area (Å²) >= 11 is 2.14. The van der Waals surface area contributed by atoms with Crippen LogP contribution in [0.2, 0.25) is 0 Å². The van der Waals surface area contributed by atoms with Crippen molar-refractivity contribution in [3.05, 3.63) is 94.1 Å². The summed E-state index contributed by atoms with van der Waals surface area (Å²) in [4.78, 5) is 27.3. The summed E-state index contributed by atoms with van der Waals surface area (Å²) in [5, 5.41) is 0. The molecular weight excluding hydrogens is 527 g/mol. The highest BCUT2D eigenvalue weighted by Crippen LogP contribution is 2.30. The molecule has 2 amide bonds. The Morgan fingerprint density at radius 3 is 2.06 bits per heavy atom. The second-order valence-corrected chi connectivity index (χ2v) is 10.2. The fraction of sp³-hybridized carbons (Fsp3) is 0.130. The Morgan fingerprint density at radius 1 is 0.871 bits per heavy atom. The molecule has 0 aliphatic carbocycles. The highest BCUT2D eigenvalue weighted by Gasteiger charge is 2.46. The molecule has 0 N–H and O–H groups in total. The Balaban J connectivity index is 1.74. The van der Waals surface area contributed by atoms with Gasteiger partial charge in [0, 0.05) is 10.1 Å². The Kier molecular flexibility index (Phi) is 6.22. The van der Waals surface area contributed by atoms with Crippen LogP contribution in [0.25, 0.3) is 0 Å². The highest BCUT2D eigenvalue weighted by molar-refractivity contribution is 14.1. The molecule has 0 saturated carbocycles. The van der Waals surface area contributed by atoms with Crippen molar-refractivity contribution in [2.75, 3.05) is 4.90 Å². The lowest BCUT2D eigenvalue weighted by atomic mass is 10.2. The maximum absolute atomic E-state index is 13.5. The van der Waals surface area contributed by atoms with Gasteiger partial charge in [0.2, 0.25) is 15.9 Å². The van der Waals surface area contributed by atoms with Crippen LogP contribution in [0.1, 0.15) is 12.0 Å². The van der Waals surface area contributed by atoms with E-state index in [-0.39, 0.29) is 17.9 Å². The number of benzene rings is 3. The SMILES string of the molecule is O=C1CC(N(Cc2ccccc2)S(=O)(=O)c2ccccc2)C(=O)N1c1ccc(I)cc1. The molecule has 1 aliphatic heterocycles. The van der Waals surface area contributed by atoms with Crippen LogP contribution in [-0.2, 0) is 26.2 Å². The molecule has 3 aromatic rings. The number of nitrogens with zero attached hydrogens (tertiary/aromatic N) is 2. The normalized spacial score (nSPS) is 16.8. The smallest absolute Gasteiger partial charge is 0.252 e. The molecule has 1 aliphatic rings. The molecule has 1 saturated heterocycles. The van der Waals surface area contributed by atoms with Gasteiger partial charge >= 0.3 is 0 Å². The van der Waals surface area contributed by atoms with E-state index in [0.29, 0.717) is 5.69 Å². The Labute approximate surface area is 194 Å². The van der Waals surface area contributed by atoms with E-state index in [1.807, 2.05) is 18.2 Å². The minimum atomic E-state index is -4.02. The topological polar surface area (TPSA) is 74.8 Å². The van der Waals surface area contributed by atoms with Crippen LogP contribution >= 0.6 is 22.6 Å². The maximum Gasteiger partial charge on any atom is 0.252 e. The summed E-state index contributed by atoms with van der Waals surface area (Å²) in [5.74, 6) is -0.959. The zero-order chi connectivity index (χ0) is 22.0. The van der Waals surface area contributed by atoms with E-state index < -0.39 is 27.9 Å². The lowest BCUT2D eigenvalue weighted by Gasteiger charge is -2.27. The summed E-state index contributed by atoms with van der Waals surface area (Å²) in [6, 6.07) is 22.9. The molecule has 3 aromatic carbocycles. The molecule has 1 fully saturated rings. The molecule has 6 nitrogen and oxygen atoms in total. The number of carbonyl (C=O) groups is 2. The lowest BCUT2D eigenvalue weighted by Crippen LogP contribution is -2.45. The fourth-order valence-electron chi connectivity index (χ4n) is 3.56. The lowest BCUT2D eigenvalue weighted by molar-refractivity contribution is -0.122. The second-order valence-electron chi connectivity index (χ2n) is 7.11. The average molecular weight is 546 g/mol. The molecule has 0 spiro atoms. The van der Waals surface area contributed by atoms with Crippen molar-refractivity contribution in [1.82, 2.24) is 4.31 Å². The van der Waals surface area contributed by atoms with Crippen LogP contribution in [0.3, 0.4) is 0 Å². The van der Waals surface area contributed by atoms with Gasteiger partial charge in [0.15, 0.2) is 0 Å². The number of amides is 2. The van der Waals surface area contributed by atoms with Gasteiger partial charge in [-0.15, -0.1) is 0 Å². The van der Waals surface area contributed by atoms with Gasteiger partial charge in [0.05, 0.1) is 17.0 Å². The monoisotopic (exact) mass is 546 g/mol. The summed E-state index contributed by atoms with van der Waals surface area (Å²) in [6.07, 6.45) is -0.205. The van der Waals surface area contributed by atoms with Crippen molar-refractivity contribution < 1.29 is 18.0 Å². The molecule has 1 unspecified atom stereocenters. The van der Waals surface area contributed by atoms with E-state index in [0.717, 1.165) is 18.3 Å². The molecule has 8 heteroatoms. The number of carbonyl (C=O) groups excluding carboxylic acids is 2. The van der Waals surface area contributed by atoms with Gasteiger partial charge in [-0.1, -0.05) is 48.5 Å². The zero-order valence-corrected chi connectivity index (χ0v) is 19.4. The standard InChI is InChI=1S/C23H19IN2O4S/c24-18-11-13-19(14-12-18)26-22(27)15-21(23(26)28)25(16-17-7-3-1-4-8-17)31(29,30)20-9-5-2-6-10-20/h1-14,21H,15-16H2. The molecule has 1 heterocycles. The molecule has 0 bridgehead atoms. The first-order chi connectivity index (χ1) is 14.9. The predicted molar refractivity (Wildman–Crippen MR) is 126 cm³/mol.